The summed E-state index contributed by atoms with van der Waals surface area (Å²) in [6.07, 6.45) is 1.98. The molecule has 0 aliphatic carbocycles. The number of benzene rings is 1. The van der Waals surface area contributed by atoms with Crippen LogP contribution in [0.15, 0.2) is 53.4 Å². The monoisotopic (exact) mass is 312 g/mol. The molecule has 0 spiro atoms. The van der Waals surface area contributed by atoms with Crippen molar-refractivity contribution in [3.63, 3.8) is 0 Å². The minimum absolute atomic E-state index is 0.154. The van der Waals surface area contributed by atoms with Gasteiger partial charge in [-0.3, -0.25) is 4.79 Å². The van der Waals surface area contributed by atoms with E-state index >= 15 is 0 Å². The zero-order chi connectivity index (χ0) is 15.4. The van der Waals surface area contributed by atoms with Gasteiger partial charge in [-0.2, -0.15) is 0 Å². The Morgan fingerprint density at radius 1 is 1.05 bits per heavy atom. The Labute approximate surface area is 135 Å². The molecule has 0 N–H and O–H groups in total. The highest BCUT2D eigenvalue weighted by molar-refractivity contribution is 7.10. The first-order valence-electron chi connectivity index (χ1n) is 7.55. The lowest BCUT2D eigenvalue weighted by atomic mass is 10.2. The van der Waals surface area contributed by atoms with Gasteiger partial charge in [0.15, 0.2) is 0 Å². The van der Waals surface area contributed by atoms with Crippen LogP contribution in [0.2, 0.25) is 0 Å². The van der Waals surface area contributed by atoms with E-state index in [1.165, 1.54) is 5.69 Å². The van der Waals surface area contributed by atoms with Gasteiger partial charge >= 0.3 is 0 Å². The van der Waals surface area contributed by atoms with Crippen molar-refractivity contribution in [2.75, 3.05) is 31.1 Å². The third kappa shape index (κ3) is 3.39. The molecule has 4 heteroatoms. The summed E-state index contributed by atoms with van der Waals surface area (Å²) < 4.78 is 0. The van der Waals surface area contributed by atoms with E-state index in [0.717, 1.165) is 36.6 Å². The van der Waals surface area contributed by atoms with Crippen LogP contribution in [-0.2, 0) is 4.79 Å². The fraction of sp³-hybridized carbons (Fsp3) is 0.278. The van der Waals surface area contributed by atoms with Gasteiger partial charge in [-0.1, -0.05) is 24.3 Å². The van der Waals surface area contributed by atoms with E-state index in [1.807, 2.05) is 41.5 Å². The van der Waals surface area contributed by atoms with Crippen molar-refractivity contribution < 1.29 is 4.79 Å². The molecule has 0 bridgehead atoms. The van der Waals surface area contributed by atoms with E-state index in [1.54, 1.807) is 11.3 Å². The molecule has 3 rings (SSSR count). The third-order valence-electron chi connectivity index (χ3n) is 3.93. The molecule has 0 saturated carbocycles. The molecule has 1 fully saturated rings. The minimum atomic E-state index is 0.154. The number of hydrogen-bond donors (Lipinski definition) is 0. The van der Waals surface area contributed by atoms with E-state index in [2.05, 4.69) is 29.2 Å². The standard InChI is InChI=1S/C18H20N2OS/c1-15(14-17-8-5-13-22-17)18(21)20-11-9-19(10-12-20)16-6-3-2-4-7-16/h2-8,13-14H,9-12H2,1H3/b15-14+. The molecule has 1 amide bonds. The van der Waals surface area contributed by atoms with Gasteiger partial charge in [0.2, 0.25) is 5.91 Å². The number of anilines is 1. The number of thiophene rings is 1. The van der Waals surface area contributed by atoms with Crippen LogP contribution in [0.3, 0.4) is 0 Å². The van der Waals surface area contributed by atoms with Crippen LogP contribution in [0, 0.1) is 0 Å². The molecular formula is C18H20N2OS. The third-order valence-corrected chi connectivity index (χ3v) is 4.75. The van der Waals surface area contributed by atoms with Crippen LogP contribution in [0.5, 0.6) is 0 Å². The minimum Gasteiger partial charge on any atom is -0.368 e. The van der Waals surface area contributed by atoms with Gasteiger partial charge in [0.1, 0.15) is 0 Å². The number of carbonyl (C=O) groups is 1. The predicted octanol–water partition coefficient (Wildman–Crippen LogP) is 3.50. The fourth-order valence-corrected chi connectivity index (χ4v) is 3.42. The number of piperazine rings is 1. The number of rotatable bonds is 3. The van der Waals surface area contributed by atoms with Gasteiger partial charge in [0.05, 0.1) is 0 Å². The second-order valence-electron chi connectivity index (χ2n) is 5.46. The average molecular weight is 312 g/mol. The number of nitrogens with zero attached hydrogens (tertiary/aromatic N) is 2. The predicted molar refractivity (Wildman–Crippen MR) is 93.2 cm³/mol. The van der Waals surface area contributed by atoms with Crippen LogP contribution >= 0.6 is 11.3 Å². The lowest BCUT2D eigenvalue weighted by Gasteiger charge is -2.36. The van der Waals surface area contributed by atoms with Crippen LogP contribution in [0.4, 0.5) is 5.69 Å². The average Bonchev–Trinajstić information content (AvgIpc) is 3.08. The molecule has 3 nitrogen and oxygen atoms in total. The Hall–Kier alpha value is -2.07. The van der Waals surface area contributed by atoms with Crippen molar-refractivity contribution in [3.05, 3.63) is 58.3 Å². The second kappa shape index (κ2) is 6.79. The van der Waals surface area contributed by atoms with E-state index in [-0.39, 0.29) is 5.91 Å². The highest BCUT2D eigenvalue weighted by Crippen LogP contribution is 2.18. The number of hydrogen-bond acceptors (Lipinski definition) is 3. The number of para-hydroxylation sites is 1. The Balaban J connectivity index is 1.60. The molecule has 1 aromatic carbocycles. The van der Waals surface area contributed by atoms with Gasteiger partial charge in [-0.15, -0.1) is 11.3 Å². The Kier molecular flexibility index (Phi) is 4.59. The highest BCUT2D eigenvalue weighted by Gasteiger charge is 2.22. The van der Waals surface area contributed by atoms with E-state index < -0.39 is 0 Å². The summed E-state index contributed by atoms with van der Waals surface area (Å²) in [7, 11) is 0. The maximum Gasteiger partial charge on any atom is 0.249 e. The SMILES string of the molecule is C/C(=C\c1cccs1)C(=O)N1CCN(c2ccccc2)CC1. The molecule has 0 atom stereocenters. The molecule has 2 heterocycles. The molecule has 2 aromatic rings. The van der Waals surface area contributed by atoms with Crippen LogP contribution in [-0.4, -0.2) is 37.0 Å². The number of carbonyl (C=O) groups excluding carboxylic acids is 1. The molecule has 1 aromatic heterocycles. The van der Waals surface area contributed by atoms with Gasteiger partial charge in [-0.05, 0) is 36.6 Å². The molecular weight excluding hydrogens is 292 g/mol. The van der Waals surface area contributed by atoms with Crippen molar-refractivity contribution in [2.24, 2.45) is 0 Å². The van der Waals surface area contributed by atoms with Gasteiger partial charge in [0.25, 0.3) is 0 Å². The summed E-state index contributed by atoms with van der Waals surface area (Å²) in [5.41, 5.74) is 2.05. The quantitative estimate of drug-likeness (QED) is 0.810. The van der Waals surface area contributed by atoms with Gasteiger partial charge < -0.3 is 9.80 Å². The van der Waals surface area contributed by atoms with Crippen molar-refractivity contribution >= 4 is 29.0 Å². The Bertz CT molecular complexity index is 641. The lowest BCUT2D eigenvalue weighted by Crippen LogP contribution is -2.49. The zero-order valence-corrected chi connectivity index (χ0v) is 13.6. The van der Waals surface area contributed by atoms with Crippen LogP contribution < -0.4 is 4.90 Å². The Morgan fingerprint density at radius 3 is 2.41 bits per heavy atom. The first-order valence-corrected chi connectivity index (χ1v) is 8.43. The summed E-state index contributed by atoms with van der Waals surface area (Å²) >= 11 is 1.66. The molecule has 114 valence electrons. The van der Waals surface area contributed by atoms with Crippen LogP contribution in [0.1, 0.15) is 11.8 Å². The first-order chi connectivity index (χ1) is 10.7. The van der Waals surface area contributed by atoms with E-state index in [4.69, 9.17) is 0 Å². The molecule has 0 unspecified atom stereocenters. The fourth-order valence-electron chi connectivity index (χ4n) is 2.70. The topological polar surface area (TPSA) is 23.6 Å². The molecule has 1 saturated heterocycles. The summed E-state index contributed by atoms with van der Waals surface area (Å²) in [5.74, 6) is 0.154. The summed E-state index contributed by atoms with van der Waals surface area (Å²) in [5, 5.41) is 2.03. The highest BCUT2D eigenvalue weighted by atomic mass is 32.1. The summed E-state index contributed by atoms with van der Waals surface area (Å²) in [4.78, 5) is 17.9. The Morgan fingerprint density at radius 2 is 1.77 bits per heavy atom. The second-order valence-corrected chi connectivity index (χ2v) is 6.44. The first kappa shape index (κ1) is 14.9. The molecule has 0 radical (unpaired) electrons. The summed E-state index contributed by atoms with van der Waals surface area (Å²) in [6, 6.07) is 14.4. The lowest BCUT2D eigenvalue weighted by molar-refractivity contribution is -0.127. The van der Waals surface area contributed by atoms with Crippen LogP contribution in [0.25, 0.3) is 6.08 Å². The normalized spacial score (nSPS) is 16.0. The smallest absolute Gasteiger partial charge is 0.249 e. The van der Waals surface area contributed by atoms with Crippen molar-refractivity contribution in [1.29, 1.82) is 0 Å². The maximum atomic E-state index is 12.5. The van der Waals surface area contributed by atoms with Crippen molar-refractivity contribution in [2.45, 2.75) is 6.92 Å². The van der Waals surface area contributed by atoms with E-state index in [0.29, 0.717) is 0 Å². The zero-order valence-electron chi connectivity index (χ0n) is 12.7. The van der Waals surface area contributed by atoms with Crippen molar-refractivity contribution in [3.8, 4) is 0 Å². The maximum absolute atomic E-state index is 12.5. The van der Waals surface area contributed by atoms with Gasteiger partial charge in [0, 0.05) is 42.3 Å². The van der Waals surface area contributed by atoms with Gasteiger partial charge in [-0.25, -0.2) is 0 Å². The molecule has 22 heavy (non-hydrogen) atoms. The van der Waals surface area contributed by atoms with Crippen molar-refractivity contribution in [1.82, 2.24) is 4.90 Å². The molecule has 1 aliphatic heterocycles. The number of amides is 1. The van der Waals surface area contributed by atoms with E-state index in [9.17, 15) is 4.79 Å². The summed E-state index contributed by atoms with van der Waals surface area (Å²) in [6.45, 7) is 5.25. The molecule has 1 aliphatic rings. The largest absolute Gasteiger partial charge is 0.368 e.